The lowest BCUT2D eigenvalue weighted by Crippen LogP contribution is -2.26. The Kier molecular flexibility index (Phi) is 3.94. The lowest BCUT2D eigenvalue weighted by Gasteiger charge is -2.17. The van der Waals surface area contributed by atoms with Crippen LogP contribution >= 0.6 is 0 Å². The van der Waals surface area contributed by atoms with Crippen LogP contribution in [-0.4, -0.2) is 16.3 Å². The van der Waals surface area contributed by atoms with Crippen LogP contribution in [0.4, 0.5) is 0 Å². The molecule has 1 aromatic carbocycles. The van der Waals surface area contributed by atoms with Crippen molar-refractivity contribution in [3.05, 3.63) is 78.5 Å². The van der Waals surface area contributed by atoms with Crippen LogP contribution in [0.3, 0.4) is 0 Å². The fourth-order valence-electron chi connectivity index (χ4n) is 2.24. The first-order valence-corrected chi connectivity index (χ1v) is 6.72. The fourth-order valence-corrected chi connectivity index (χ4v) is 2.24. The molecule has 102 valence electrons. The molecule has 0 aliphatic carbocycles. The van der Waals surface area contributed by atoms with E-state index in [-0.39, 0.29) is 6.04 Å². The zero-order valence-corrected chi connectivity index (χ0v) is 11.1. The third kappa shape index (κ3) is 2.97. The van der Waals surface area contributed by atoms with Gasteiger partial charge in [0, 0.05) is 18.9 Å². The first-order chi connectivity index (χ1) is 9.93. The predicted molar refractivity (Wildman–Crippen MR) is 77.2 cm³/mol. The van der Waals surface area contributed by atoms with E-state index in [9.17, 15) is 0 Å². The van der Waals surface area contributed by atoms with E-state index in [0.29, 0.717) is 0 Å². The molecule has 0 bridgehead atoms. The van der Waals surface area contributed by atoms with Gasteiger partial charge in [-0.3, -0.25) is 4.68 Å². The molecule has 0 saturated carbocycles. The molecule has 1 atom stereocenters. The highest BCUT2D eigenvalue weighted by atomic mass is 16.3. The van der Waals surface area contributed by atoms with Crippen LogP contribution in [0.5, 0.6) is 0 Å². The first-order valence-electron chi connectivity index (χ1n) is 6.72. The number of hydrogen-bond acceptors (Lipinski definition) is 3. The van der Waals surface area contributed by atoms with Gasteiger partial charge < -0.3 is 9.73 Å². The number of furan rings is 1. The van der Waals surface area contributed by atoms with Crippen LogP contribution in [0, 0.1) is 0 Å². The lowest BCUT2D eigenvalue weighted by atomic mass is 10.0. The highest BCUT2D eigenvalue weighted by molar-refractivity contribution is 5.26. The normalized spacial score (nSPS) is 12.4. The minimum Gasteiger partial charge on any atom is -0.467 e. The van der Waals surface area contributed by atoms with Gasteiger partial charge in [-0.25, -0.2) is 0 Å². The van der Waals surface area contributed by atoms with E-state index in [1.807, 2.05) is 47.3 Å². The minimum atomic E-state index is 0.0711. The van der Waals surface area contributed by atoms with E-state index in [2.05, 4.69) is 22.5 Å². The second-order valence-electron chi connectivity index (χ2n) is 4.58. The van der Waals surface area contributed by atoms with Crippen molar-refractivity contribution in [2.45, 2.75) is 12.6 Å². The van der Waals surface area contributed by atoms with Crippen molar-refractivity contribution in [3.8, 4) is 0 Å². The van der Waals surface area contributed by atoms with E-state index in [0.717, 1.165) is 18.8 Å². The predicted octanol–water partition coefficient (Wildman–Crippen LogP) is 2.86. The molecule has 1 unspecified atom stereocenters. The van der Waals surface area contributed by atoms with Crippen molar-refractivity contribution in [2.75, 3.05) is 6.54 Å². The van der Waals surface area contributed by atoms with Crippen molar-refractivity contribution in [3.63, 3.8) is 0 Å². The van der Waals surface area contributed by atoms with Gasteiger partial charge in [0.1, 0.15) is 5.76 Å². The number of benzene rings is 1. The Morgan fingerprint density at radius 2 is 2.00 bits per heavy atom. The maximum Gasteiger partial charge on any atom is 0.125 e. The van der Waals surface area contributed by atoms with E-state index in [1.54, 1.807) is 12.5 Å². The van der Waals surface area contributed by atoms with E-state index in [1.165, 1.54) is 5.56 Å². The Balaban J connectivity index is 1.70. The SMILES string of the molecule is c1ccc(C(NCCn2cccn2)c2ccco2)cc1. The standard InChI is InChI=1S/C16H17N3O/c1-2-6-14(7-3-1)16(15-8-4-13-20-15)17-10-12-19-11-5-9-18-19/h1-9,11,13,16-17H,10,12H2. The number of rotatable bonds is 6. The van der Waals surface area contributed by atoms with Gasteiger partial charge in [0.05, 0.1) is 18.8 Å². The van der Waals surface area contributed by atoms with E-state index in [4.69, 9.17) is 4.42 Å². The summed E-state index contributed by atoms with van der Waals surface area (Å²) in [7, 11) is 0. The summed E-state index contributed by atoms with van der Waals surface area (Å²) in [6, 6.07) is 16.2. The maximum atomic E-state index is 5.55. The molecule has 0 amide bonds. The topological polar surface area (TPSA) is 43.0 Å². The van der Waals surface area contributed by atoms with Gasteiger partial charge in [-0.05, 0) is 23.8 Å². The van der Waals surface area contributed by atoms with Crippen molar-refractivity contribution in [1.29, 1.82) is 0 Å². The summed E-state index contributed by atoms with van der Waals surface area (Å²) in [4.78, 5) is 0. The third-order valence-electron chi connectivity index (χ3n) is 3.21. The number of aromatic nitrogens is 2. The summed E-state index contributed by atoms with van der Waals surface area (Å²) in [5.74, 6) is 0.927. The van der Waals surface area contributed by atoms with Crippen LogP contribution in [0.15, 0.2) is 71.6 Å². The van der Waals surface area contributed by atoms with Gasteiger partial charge in [0.25, 0.3) is 0 Å². The molecule has 0 aliphatic heterocycles. The van der Waals surface area contributed by atoms with Gasteiger partial charge in [-0.2, -0.15) is 5.10 Å². The zero-order chi connectivity index (χ0) is 13.6. The van der Waals surface area contributed by atoms with E-state index < -0.39 is 0 Å². The lowest BCUT2D eigenvalue weighted by molar-refractivity contribution is 0.433. The van der Waals surface area contributed by atoms with Crippen molar-refractivity contribution in [1.82, 2.24) is 15.1 Å². The molecule has 4 nitrogen and oxygen atoms in total. The molecule has 3 rings (SSSR count). The molecule has 20 heavy (non-hydrogen) atoms. The van der Waals surface area contributed by atoms with Gasteiger partial charge in [0.15, 0.2) is 0 Å². The molecular weight excluding hydrogens is 250 g/mol. The zero-order valence-electron chi connectivity index (χ0n) is 11.1. The fraction of sp³-hybridized carbons (Fsp3) is 0.188. The molecule has 2 aromatic heterocycles. The van der Waals surface area contributed by atoms with Crippen molar-refractivity contribution >= 4 is 0 Å². The molecule has 0 spiro atoms. The molecule has 4 heteroatoms. The highest BCUT2D eigenvalue weighted by Crippen LogP contribution is 2.21. The molecule has 3 aromatic rings. The molecular formula is C16H17N3O. The average Bonchev–Trinajstić information content (AvgIpc) is 3.18. The van der Waals surface area contributed by atoms with Crippen LogP contribution in [0.25, 0.3) is 0 Å². The summed E-state index contributed by atoms with van der Waals surface area (Å²) in [6.07, 6.45) is 5.47. The monoisotopic (exact) mass is 267 g/mol. The Morgan fingerprint density at radius 3 is 2.70 bits per heavy atom. The average molecular weight is 267 g/mol. The van der Waals surface area contributed by atoms with Gasteiger partial charge >= 0.3 is 0 Å². The van der Waals surface area contributed by atoms with Crippen molar-refractivity contribution < 1.29 is 4.42 Å². The minimum absolute atomic E-state index is 0.0711. The second kappa shape index (κ2) is 6.21. The van der Waals surface area contributed by atoms with Crippen LogP contribution in [0.1, 0.15) is 17.4 Å². The third-order valence-corrected chi connectivity index (χ3v) is 3.21. The Bertz CT molecular complexity index is 602. The Hall–Kier alpha value is -2.33. The molecule has 0 saturated heterocycles. The van der Waals surface area contributed by atoms with Crippen LogP contribution in [-0.2, 0) is 6.54 Å². The summed E-state index contributed by atoms with van der Waals surface area (Å²) >= 11 is 0. The highest BCUT2D eigenvalue weighted by Gasteiger charge is 2.15. The number of nitrogens with zero attached hydrogens (tertiary/aromatic N) is 2. The second-order valence-corrected chi connectivity index (χ2v) is 4.58. The van der Waals surface area contributed by atoms with Gasteiger partial charge in [-0.15, -0.1) is 0 Å². The van der Waals surface area contributed by atoms with E-state index >= 15 is 0 Å². The molecule has 1 N–H and O–H groups in total. The van der Waals surface area contributed by atoms with Crippen molar-refractivity contribution in [2.24, 2.45) is 0 Å². The quantitative estimate of drug-likeness (QED) is 0.746. The Morgan fingerprint density at radius 1 is 1.10 bits per heavy atom. The van der Waals surface area contributed by atoms with Gasteiger partial charge in [0.2, 0.25) is 0 Å². The van der Waals surface area contributed by atoms with Gasteiger partial charge in [-0.1, -0.05) is 30.3 Å². The molecule has 0 fully saturated rings. The summed E-state index contributed by atoms with van der Waals surface area (Å²) in [5, 5.41) is 7.72. The smallest absolute Gasteiger partial charge is 0.125 e. The van der Waals surface area contributed by atoms with Crippen LogP contribution < -0.4 is 5.32 Å². The summed E-state index contributed by atoms with van der Waals surface area (Å²) < 4.78 is 7.47. The number of nitrogens with one attached hydrogen (secondary N) is 1. The first kappa shape index (κ1) is 12.7. The maximum absolute atomic E-state index is 5.55. The summed E-state index contributed by atoms with van der Waals surface area (Å²) in [5.41, 5.74) is 1.20. The molecule has 0 radical (unpaired) electrons. The Labute approximate surface area is 118 Å². The van der Waals surface area contributed by atoms with Crippen LogP contribution in [0.2, 0.25) is 0 Å². The largest absolute Gasteiger partial charge is 0.467 e. The molecule has 2 heterocycles. The molecule has 0 aliphatic rings. The number of hydrogen-bond donors (Lipinski definition) is 1. The summed E-state index contributed by atoms with van der Waals surface area (Å²) in [6.45, 7) is 1.65.